The van der Waals surface area contributed by atoms with Crippen LogP contribution in [0.5, 0.6) is 5.75 Å². The monoisotopic (exact) mass is 336 g/mol. The second kappa shape index (κ2) is 8.15. The lowest BCUT2D eigenvalue weighted by Gasteiger charge is -2.05. The second-order valence-corrected chi connectivity index (χ2v) is 5.67. The molecule has 1 amide bonds. The summed E-state index contributed by atoms with van der Waals surface area (Å²) in [6.07, 6.45) is 0.975. The van der Waals surface area contributed by atoms with Gasteiger partial charge in [0.1, 0.15) is 5.75 Å². The van der Waals surface area contributed by atoms with Gasteiger partial charge < -0.3 is 14.6 Å². The van der Waals surface area contributed by atoms with Crippen molar-refractivity contribution in [1.82, 2.24) is 10.5 Å². The van der Waals surface area contributed by atoms with E-state index in [-0.39, 0.29) is 12.3 Å². The molecule has 5 heteroatoms. The maximum absolute atomic E-state index is 12.0. The first-order chi connectivity index (χ1) is 12.2. The van der Waals surface area contributed by atoms with Crippen LogP contribution in [0.15, 0.2) is 65.2 Å². The SMILES string of the molecule is COc1ccc(CCNC(=O)Cc2cc(-c3ccccc3)on2)cc1. The number of hydrogen-bond donors (Lipinski definition) is 1. The Balaban J connectivity index is 1.47. The fourth-order valence-corrected chi connectivity index (χ4v) is 2.50. The lowest BCUT2D eigenvalue weighted by atomic mass is 10.1. The Bertz CT molecular complexity index is 810. The fourth-order valence-electron chi connectivity index (χ4n) is 2.50. The number of aromatic nitrogens is 1. The summed E-state index contributed by atoms with van der Waals surface area (Å²) in [5.74, 6) is 1.43. The highest BCUT2D eigenvalue weighted by Gasteiger charge is 2.10. The molecule has 25 heavy (non-hydrogen) atoms. The van der Waals surface area contributed by atoms with Crippen LogP contribution in [-0.2, 0) is 17.6 Å². The smallest absolute Gasteiger partial charge is 0.226 e. The highest BCUT2D eigenvalue weighted by atomic mass is 16.5. The molecule has 0 saturated heterocycles. The molecular formula is C20H20N2O3. The van der Waals surface area contributed by atoms with Crippen molar-refractivity contribution in [2.24, 2.45) is 0 Å². The van der Waals surface area contributed by atoms with E-state index in [0.717, 1.165) is 23.3 Å². The van der Waals surface area contributed by atoms with Gasteiger partial charge in [0.15, 0.2) is 5.76 Å². The highest BCUT2D eigenvalue weighted by molar-refractivity contribution is 5.78. The van der Waals surface area contributed by atoms with Crippen LogP contribution in [0.2, 0.25) is 0 Å². The molecule has 3 aromatic rings. The van der Waals surface area contributed by atoms with Crippen molar-refractivity contribution in [1.29, 1.82) is 0 Å². The zero-order valence-electron chi connectivity index (χ0n) is 14.1. The molecule has 3 rings (SSSR count). The van der Waals surface area contributed by atoms with Gasteiger partial charge in [-0.05, 0) is 24.1 Å². The Morgan fingerprint density at radius 1 is 1.12 bits per heavy atom. The van der Waals surface area contributed by atoms with E-state index in [1.54, 1.807) is 13.2 Å². The average Bonchev–Trinajstić information content (AvgIpc) is 3.11. The standard InChI is InChI=1S/C20H20N2O3/c1-24-18-9-7-15(8-10-18)11-12-21-20(23)14-17-13-19(25-22-17)16-5-3-2-4-6-16/h2-10,13H,11-12,14H2,1H3,(H,21,23). The Morgan fingerprint density at radius 2 is 1.88 bits per heavy atom. The van der Waals surface area contributed by atoms with E-state index in [2.05, 4.69) is 10.5 Å². The summed E-state index contributed by atoms with van der Waals surface area (Å²) >= 11 is 0. The quantitative estimate of drug-likeness (QED) is 0.719. The molecule has 1 aromatic heterocycles. The van der Waals surface area contributed by atoms with E-state index in [4.69, 9.17) is 9.26 Å². The lowest BCUT2D eigenvalue weighted by molar-refractivity contribution is -0.120. The first-order valence-electron chi connectivity index (χ1n) is 8.15. The van der Waals surface area contributed by atoms with Gasteiger partial charge in [0.2, 0.25) is 5.91 Å². The van der Waals surface area contributed by atoms with Gasteiger partial charge in [0, 0.05) is 18.2 Å². The minimum atomic E-state index is -0.0681. The average molecular weight is 336 g/mol. The minimum absolute atomic E-state index is 0.0681. The maximum Gasteiger partial charge on any atom is 0.226 e. The molecule has 0 saturated carbocycles. The van der Waals surface area contributed by atoms with Crippen LogP contribution in [-0.4, -0.2) is 24.7 Å². The molecule has 0 aliphatic carbocycles. The van der Waals surface area contributed by atoms with Crippen LogP contribution in [0.4, 0.5) is 0 Å². The van der Waals surface area contributed by atoms with Crippen molar-refractivity contribution < 1.29 is 14.1 Å². The van der Waals surface area contributed by atoms with Crippen molar-refractivity contribution in [2.75, 3.05) is 13.7 Å². The lowest BCUT2D eigenvalue weighted by Crippen LogP contribution is -2.27. The summed E-state index contributed by atoms with van der Waals surface area (Å²) in [7, 11) is 1.64. The Hall–Kier alpha value is -3.08. The molecule has 5 nitrogen and oxygen atoms in total. The number of ether oxygens (including phenoxy) is 1. The summed E-state index contributed by atoms with van der Waals surface area (Å²) in [4.78, 5) is 12.0. The Morgan fingerprint density at radius 3 is 2.60 bits per heavy atom. The summed E-state index contributed by atoms with van der Waals surface area (Å²) in [6, 6.07) is 19.3. The van der Waals surface area contributed by atoms with Crippen molar-refractivity contribution in [3.63, 3.8) is 0 Å². The number of nitrogens with one attached hydrogen (secondary N) is 1. The van der Waals surface area contributed by atoms with Crippen molar-refractivity contribution in [2.45, 2.75) is 12.8 Å². The van der Waals surface area contributed by atoms with Crippen LogP contribution in [0.25, 0.3) is 11.3 Å². The van der Waals surface area contributed by atoms with Crippen LogP contribution in [0.1, 0.15) is 11.3 Å². The number of methoxy groups -OCH3 is 1. The van der Waals surface area contributed by atoms with E-state index in [0.29, 0.717) is 18.0 Å². The van der Waals surface area contributed by atoms with E-state index < -0.39 is 0 Å². The third-order valence-electron chi connectivity index (χ3n) is 3.85. The number of carbonyl (C=O) groups excluding carboxylic acids is 1. The van der Waals surface area contributed by atoms with Crippen LogP contribution >= 0.6 is 0 Å². The molecule has 0 spiro atoms. The zero-order valence-corrected chi connectivity index (χ0v) is 14.1. The normalized spacial score (nSPS) is 10.4. The third-order valence-corrected chi connectivity index (χ3v) is 3.85. The molecule has 1 heterocycles. The van der Waals surface area contributed by atoms with Gasteiger partial charge in [-0.1, -0.05) is 47.6 Å². The van der Waals surface area contributed by atoms with Crippen molar-refractivity contribution in [3.8, 4) is 17.1 Å². The molecule has 0 atom stereocenters. The number of rotatable bonds is 7. The van der Waals surface area contributed by atoms with Crippen molar-refractivity contribution in [3.05, 3.63) is 71.9 Å². The van der Waals surface area contributed by atoms with E-state index in [9.17, 15) is 4.79 Å². The summed E-state index contributed by atoms with van der Waals surface area (Å²) in [5, 5.41) is 6.87. The fraction of sp³-hybridized carbons (Fsp3) is 0.200. The van der Waals surface area contributed by atoms with Gasteiger partial charge in [-0.3, -0.25) is 4.79 Å². The summed E-state index contributed by atoms with van der Waals surface area (Å²) < 4.78 is 10.4. The second-order valence-electron chi connectivity index (χ2n) is 5.67. The number of carbonyl (C=O) groups is 1. The molecule has 1 N–H and O–H groups in total. The van der Waals surface area contributed by atoms with Crippen LogP contribution in [0.3, 0.4) is 0 Å². The molecule has 2 aromatic carbocycles. The number of benzene rings is 2. The Kier molecular flexibility index (Phi) is 5.46. The number of hydrogen-bond acceptors (Lipinski definition) is 4. The molecule has 0 fully saturated rings. The van der Waals surface area contributed by atoms with Crippen molar-refractivity contribution >= 4 is 5.91 Å². The molecule has 0 radical (unpaired) electrons. The van der Waals surface area contributed by atoms with E-state index >= 15 is 0 Å². The summed E-state index contributed by atoms with van der Waals surface area (Å²) in [5.41, 5.74) is 2.72. The largest absolute Gasteiger partial charge is 0.497 e. The van der Waals surface area contributed by atoms with Gasteiger partial charge >= 0.3 is 0 Å². The predicted octanol–water partition coefficient (Wildman–Crippen LogP) is 3.25. The predicted molar refractivity (Wildman–Crippen MR) is 95.4 cm³/mol. The van der Waals surface area contributed by atoms with Gasteiger partial charge in [0.05, 0.1) is 19.2 Å². The van der Waals surface area contributed by atoms with E-state index in [1.807, 2.05) is 54.6 Å². The minimum Gasteiger partial charge on any atom is -0.497 e. The Labute approximate surface area is 146 Å². The molecule has 0 unspecified atom stereocenters. The van der Waals surface area contributed by atoms with E-state index in [1.165, 1.54) is 0 Å². The van der Waals surface area contributed by atoms with Gasteiger partial charge in [-0.25, -0.2) is 0 Å². The topological polar surface area (TPSA) is 64.4 Å². The molecule has 128 valence electrons. The molecule has 0 bridgehead atoms. The molecule has 0 aliphatic rings. The van der Waals surface area contributed by atoms with Crippen LogP contribution < -0.4 is 10.1 Å². The first-order valence-corrected chi connectivity index (χ1v) is 8.15. The first kappa shape index (κ1) is 16.8. The molecule has 0 aliphatic heterocycles. The summed E-state index contributed by atoms with van der Waals surface area (Å²) in [6.45, 7) is 0.578. The zero-order chi connectivity index (χ0) is 17.5. The van der Waals surface area contributed by atoms with Gasteiger partial charge in [-0.15, -0.1) is 0 Å². The maximum atomic E-state index is 12.0. The van der Waals surface area contributed by atoms with Gasteiger partial charge in [0.25, 0.3) is 0 Å². The third kappa shape index (κ3) is 4.70. The van der Waals surface area contributed by atoms with Crippen LogP contribution in [0, 0.1) is 0 Å². The number of amides is 1. The van der Waals surface area contributed by atoms with Gasteiger partial charge in [-0.2, -0.15) is 0 Å². The molecular weight excluding hydrogens is 316 g/mol. The number of nitrogens with zero attached hydrogens (tertiary/aromatic N) is 1. The highest BCUT2D eigenvalue weighted by Crippen LogP contribution is 2.19.